The van der Waals surface area contributed by atoms with E-state index in [-0.39, 0.29) is 17.8 Å². The van der Waals surface area contributed by atoms with Crippen LogP contribution in [0.25, 0.3) is 0 Å². The Kier molecular flexibility index (Phi) is 4.35. The molecule has 0 spiro atoms. The Morgan fingerprint density at radius 1 is 1.61 bits per heavy atom. The summed E-state index contributed by atoms with van der Waals surface area (Å²) in [5, 5.41) is 2.69. The monoisotopic (exact) mass is 314 g/mol. The topological polar surface area (TPSA) is 32.3 Å². The Labute approximate surface area is 114 Å². The summed E-state index contributed by atoms with van der Waals surface area (Å²) >= 11 is 3.18. The van der Waals surface area contributed by atoms with Gasteiger partial charge in [-0.05, 0) is 53.0 Å². The maximum atomic E-state index is 13.1. The number of likely N-dealkylation sites (tertiary alicyclic amines) is 1. The maximum Gasteiger partial charge on any atom is 0.237 e. The second-order valence-corrected chi connectivity index (χ2v) is 5.35. The van der Waals surface area contributed by atoms with Gasteiger partial charge in [-0.3, -0.25) is 9.69 Å². The van der Waals surface area contributed by atoms with Gasteiger partial charge in [0.1, 0.15) is 5.82 Å². The van der Waals surface area contributed by atoms with Crippen molar-refractivity contribution in [2.45, 2.75) is 25.4 Å². The number of hydrogen-bond acceptors (Lipinski definition) is 2. The van der Waals surface area contributed by atoms with Gasteiger partial charge in [0.15, 0.2) is 0 Å². The lowest BCUT2D eigenvalue weighted by Crippen LogP contribution is -2.41. The van der Waals surface area contributed by atoms with Crippen molar-refractivity contribution in [3.05, 3.63) is 34.1 Å². The first-order valence-corrected chi connectivity index (χ1v) is 6.80. The normalized spacial score (nSPS) is 20.1. The van der Waals surface area contributed by atoms with Crippen LogP contribution in [-0.2, 0) is 11.3 Å². The van der Waals surface area contributed by atoms with Crippen molar-refractivity contribution in [1.29, 1.82) is 0 Å². The van der Waals surface area contributed by atoms with E-state index in [1.165, 1.54) is 6.07 Å². The Balaban J connectivity index is 2.08. The van der Waals surface area contributed by atoms with Crippen LogP contribution in [0.4, 0.5) is 4.39 Å². The molecule has 0 aromatic heterocycles. The van der Waals surface area contributed by atoms with Crippen molar-refractivity contribution in [3.8, 4) is 0 Å². The highest BCUT2D eigenvalue weighted by atomic mass is 79.9. The number of benzene rings is 1. The van der Waals surface area contributed by atoms with Crippen LogP contribution in [0.2, 0.25) is 0 Å². The second kappa shape index (κ2) is 5.80. The van der Waals surface area contributed by atoms with Crippen LogP contribution in [0.15, 0.2) is 22.7 Å². The fourth-order valence-electron chi connectivity index (χ4n) is 2.35. The van der Waals surface area contributed by atoms with Gasteiger partial charge in [0.2, 0.25) is 5.91 Å². The molecular weight excluding hydrogens is 299 g/mol. The first-order chi connectivity index (χ1) is 8.61. The van der Waals surface area contributed by atoms with E-state index in [0.717, 1.165) is 24.9 Å². The summed E-state index contributed by atoms with van der Waals surface area (Å²) in [7, 11) is 1.66. The third-order valence-corrected chi connectivity index (χ3v) is 3.89. The molecule has 1 amide bonds. The largest absolute Gasteiger partial charge is 0.358 e. The van der Waals surface area contributed by atoms with E-state index in [2.05, 4.69) is 26.1 Å². The van der Waals surface area contributed by atoms with Crippen LogP contribution in [0.5, 0.6) is 0 Å². The summed E-state index contributed by atoms with van der Waals surface area (Å²) in [6.07, 6.45) is 1.92. The molecule has 3 nitrogen and oxygen atoms in total. The van der Waals surface area contributed by atoms with Crippen molar-refractivity contribution in [2.24, 2.45) is 0 Å². The molecule has 0 aliphatic carbocycles. The summed E-state index contributed by atoms with van der Waals surface area (Å²) in [5.41, 5.74) is 1.01. The molecule has 18 heavy (non-hydrogen) atoms. The lowest BCUT2D eigenvalue weighted by molar-refractivity contribution is -0.125. The molecule has 1 aromatic carbocycles. The zero-order valence-corrected chi connectivity index (χ0v) is 11.8. The first-order valence-electron chi connectivity index (χ1n) is 6.01. The molecule has 1 aliphatic rings. The molecule has 1 fully saturated rings. The number of carbonyl (C=O) groups is 1. The number of carbonyl (C=O) groups excluding carboxylic acids is 1. The van der Waals surface area contributed by atoms with Gasteiger partial charge >= 0.3 is 0 Å². The number of halogens is 2. The highest BCUT2D eigenvalue weighted by Gasteiger charge is 2.29. The third kappa shape index (κ3) is 2.90. The van der Waals surface area contributed by atoms with E-state index in [1.54, 1.807) is 19.2 Å². The van der Waals surface area contributed by atoms with E-state index < -0.39 is 0 Å². The van der Waals surface area contributed by atoms with Crippen LogP contribution in [0.3, 0.4) is 0 Å². The molecule has 0 bridgehead atoms. The first kappa shape index (κ1) is 13.5. The molecule has 0 radical (unpaired) electrons. The molecule has 2 rings (SSSR count). The molecule has 1 atom stereocenters. The molecule has 5 heteroatoms. The molecule has 1 aliphatic heterocycles. The van der Waals surface area contributed by atoms with Crippen molar-refractivity contribution < 1.29 is 9.18 Å². The van der Waals surface area contributed by atoms with Gasteiger partial charge in [0.25, 0.3) is 0 Å². The van der Waals surface area contributed by atoms with E-state index in [4.69, 9.17) is 0 Å². The van der Waals surface area contributed by atoms with Gasteiger partial charge in [0.05, 0.1) is 10.5 Å². The second-order valence-electron chi connectivity index (χ2n) is 4.49. The van der Waals surface area contributed by atoms with Crippen molar-refractivity contribution in [1.82, 2.24) is 10.2 Å². The van der Waals surface area contributed by atoms with Gasteiger partial charge in [-0.15, -0.1) is 0 Å². The van der Waals surface area contributed by atoms with E-state index in [1.807, 2.05) is 0 Å². The number of hydrogen-bond donors (Lipinski definition) is 1. The predicted octanol–water partition coefficient (Wildman–Crippen LogP) is 2.30. The fourth-order valence-corrected chi connectivity index (χ4v) is 2.78. The average Bonchev–Trinajstić information content (AvgIpc) is 2.81. The van der Waals surface area contributed by atoms with Crippen LogP contribution >= 0.6 is 15.9 Å². The zero-order valence-electron chi connectivity index (χ0n) is 10.2. The standard InChI is InChI=1S/C13H16BrFN2O/c1-16-13(18)12-3-2-6-17(12)8-9-4-5-11(15)10(14)7-9/h4-5,7,12H,2-3,6,8H2,1H3,(H,16,18)/t12-/m1/s1. The van der Waals surface area contributed by atoms with Crippen molar-refractivity contribution in [3.63, 3.8) is 0 Å². The molecule has 1 N–H and O–H groups in total. The Hall–Kier alpha value is -0.940. The smallest absolute Gasteiger partial charge is 0.237 e. The van der Waals surface area contributed by atoms with E-state index in [9.17, 15) is 9.18 Å². The Bertz CT molecular complexity index is 453. The lowest BCUT2D eigenvalue weighted by atomic mass is 10.1. The van der Waals surface area contributed by atoms with Gasteiger partial charge in [-0.25, -0.2) is 4.39 Å². The fraction of sp³-hybridized carbons (Fsp3) is 0.462. The lowest BCUT2D eigenvalue weighted by Gasteiger charge is -2.23. The molecule has 1 saturated heterocycles. The molecule has 1 heterocycles. The van der Waals surface area contributed by atoms with Gasteiger partial charge in [-0.1, -0.05) is 6.07 Å². The number of nitrogens with zero attached hydrogens (tertiary/aromatic N) is 1. The van der Waals surface area contributed by atoms with Crippen LogP contribution in [0.1, 0.15) is 18.4 Å². The van der Waals surface area contributed by atoms with Crippen molar-refractivity contribution >= 4 is 21.8 Å². The SMILES string of the molecule is CNC(=O)[C@H]1CCCN1Cc1ccc(F)c(Br)c1. The molecule has 98 valence electrons. The highest BCUT2D eigenvalue weighted by molar-refractivity contribution is 9.10. The summed E-state index contributed by atoms with van der Waals surface area (Å²) in [6.45, 7) is 1.59. The predicted molar refractivity (Wildman–Crippen MR) is 71.6 cm³/mol. The Morgan fingerprint density at radius 3 is 3.06 bits per heavy atom. The highest BCUT2D eigenvalue weighted by Crippen LogP contribution is 2.23. The van der Waals surface area contributed by atoms with Gasteiger partial charge in [-0.2, -0.15) is 0 Å². The van der Waals surface area contributed by atoms with E-state index in [0.29, 0.717) is 11.0 Å². The summed E-state index contributed by atoms with van der Waals surface area (Å²) < 4.78 is 13.6. The number of rotatable bonds is 3. The Morgan fingerprint density at radius 2 is 2.39 bits per heavy atom. The van der Waals surface area contributed by atoms with Crippen LogP contribution in [-0.4, -0.2) is 30.4 Å². The third-order valence-electron chi connectivity index (χ3n) is 3.28. The summed E-state index contributed by atoms with van der Waals surface area (Å²) in [6, 6.07) is 4.93. The van der Waals surface area contributed by atoms with Gasteiger partial charge in [0, 0.05) is 13.6 Å². The average molecular weight is 315 g/mol. The molecule has 0 saturated carbocycles. The summed E-state index contributed by atoms with van der Waals surface area (Å²) in [4.78, 5) is 13.9. The van der Waals surface area contributed by atoms with Gasteiger partial charge < -0.3 is 5.32 Å². The van der Waals surface area contributed by atoms with Crippen molar-refractivity contribution in [2.75, 3.05) is 13.6 Å². The molecule has 1 aromatic rings. The molecular formula is C13H16BrFN2O. The number of likely N-dealkylation sites (N-methyl/N-ethyl adjacent to an activating group) is 1. The summed E-state index contributed by atoms with van der Waals surface area (Å²) in [5.74, 6) is -0.197. The number of nitrogens with one attached hydrogen (secondary N) is 1. The minimum Gasteiger partial charge on any atom is -0.358 e. The van der Waals surface area contributed by atoms with Crippen LogP contribution < -0.4 is 5.32 Å². The maximum absolute atomic E-state index is 13.1. The van der Waals surface area contributed by atoms with E-state index >= 15 is 0 Å². The van der Waals surface area contributed by atoms with Crippen LogP contribution in [0, 0.1) is 5.82 Å². The zero-order chi connectivity index (χ0) is 13.1. The quantitative estimate of drug-likeness (QED) is 0.928. The molecule has 0 unspecified atom stereocenters. The minimum atomic E-state index is -0.261. The number of amides is 1. The minimum absolute atomic E-state index is 0.0566.